The van der Waals surface area contributed by atoms with Crippen LogP contribution in [0.3, 0.4) is 0 Å². The van der Waals surface area contributed by atoms with E-state index < -0.39 is 20.6 Å². The number of benzene rings is 1. The number of fused-ring (bicyclic) bond motifs is 2. The van der Waals surface area contributed by atoms with Gasteiger partial charge in [-0.05, 0) is 38.0 Å². The van der Waals surface area contributed by atoms with Crippen LogP contribution in [0.1, 0.15) is 20.3 Å². The van der Waals surface area contributed by atoms with Crippen LogP contribution in [0.4, 0.5) is 0 Å². The van der Waals surface area contributed by atoms with Gasteiger partial charge in [0.1, 0.15) is 0 Å². The molecule has 4 nitrogen and oxygen atoms in total. The molecular weight excluding hydrogens is 312 g/mol. The molecule has 2 aliphatic rings. The normalized spacial score (nSPS) is 28.9. The van der Waals surface area contributed by atoms with Gasteiger partial charge in [0, 0.05) is 11.8 Å². The van der Waals surface area contributed by atoms with Crippen molar-refractivity contribution in [1.82, 2.24) is 0 Å². The van der Waals surface area contributed by atoms with Gasteiger partial charge in [-0.15, -0.1) is 0 Å². The molecule has 0 saturated heterocycles. The quantitative estimate of drug-likeness (QED) is 0.631. The molecule has 0 heterocycles. The van der Waals surface area contributed by atoms with Crippen molar-refractivity contribution in [1.29, 1.82) is 0 Å². The molecule has 0 spiro atoms. The fraction of sp³-hybridized carbons (Fsp3) is 0.389. The maximum atomic E-state index is 13.5. The number of methoxy groups -OCH3 is 1. The Balaban J connectivity index is 2.35. The Morgan fingerprint density at radius 3 is 2.39 bits per heavy atom. The molecular formula is C18H20O4S. The molecule has 23 heavy (non-hydrogen) atoms. The van der Waals surface area contributed by atoms with Crippen LogP contribution in [-0.2, 0) is 19.4 Å². The second-order valence-corrected chi connectivity index (χ2v) is 8.41. The fourth-order valence-corrected chi connectivity index (χ4v) is 6.49. The number of esters is 1. The first kappa shape index (κ1) is 16.0. The van der Waals surface area contributed by atoms with Crippen molar-refractivity contribution in [2.24, 2.45) is 11.8 Å². The third kappa shape index (κ3) is 1.96. The summed E-state index contributed by atoms with van der Waals surface area (Å²) in [4.78, 5) is 12.9. The predicted octanol–water partition coefficient (Wildman–Crippen LogP) is 2.91. The molecule has 0 aliphatic heterocycles. The maximum absolute atomic E-state index is 13.5. The zero-order chi connectivity index (χ0) is 16.8. The van der Waals surface area contributed by atoms with Crippen LogP contribution >= 0.6 is 0 Å². The molecule has 2 aliphatic carbocycles. The van der Waals surface area contributed by atoms with Crippen LogP contribution in [0, 0.1) is 11.8 Å². The zero-order valence-electron chi connectivity index (χ0n) is 13.4. The molecule has 1 aromatic carbocycles. The molecule has 0 amide bonds. The van der Waals surface area contributed by atoms with E-state index >= 15 is 0 Å². The van der Waals surface area contributed by atoms with Gasteiger partial charge < -0.3 is 4.74 Å². The number of rotatable bonds is 3. The Morgan fingerprint density at radius 1 is 1.17 bits per heavy atom. The molecule has 1 aromatic rings. The van der Waals surface area contributed by atoms with Crippen molar-refractivity contribution in [3.63, 3.8) is 0 Å². The summed E-state index contributed by atoms with van der Waals surface area (Å²) in [7, 11) is -2.67. The summed E-state index contributed by atoms with van der Waals surface area (Å²) in [6.45, 7) is 3.73. The van der Waals surface area contributed by atoms with Gasteiger partial charge in [-0.2, -0.15) is 0 Å². The molecule has 3 rings (SSSR count). The molecule has 3 atom stereocenters. The van der Waals surface area contributed by atoms with Gasteiger partial charge in [-0.1, -0.05) is 35.9 Å². The SMILES string of the molecule is COC(=O)[C@@]1(S(=O)(=O)c2ccccc2)C(=C(C)C)[C@H]2C=C[C@@H]1C2. The highest BCUT2D eigenvalue weighted by molar-refractivity contribution is 7.94. The van der Waals surface area contributed by atoms with Gasteiger partial charge in [-0.25, -0.2) is 13.2 Å². The minimum Gasteiger partial charge on any atom is -0.468 e. The van der Waals surface area contributed by atoms with E-state index in [1.54, 1.807) is 30.3 Å². The maximum Gasteiger partial charge on any atom is 0.332 e. The first-order valence-electron chi connectivity index (χ1n) is 7.61. The van der Waals surface area contributed by atoms with Gasteiger partial charge in [-0.3, -0.25) is 0 Å². The number of hydrogen-bond donors (Lipinski definition) is 0. The molecule has 2 bridgehead atoms. The first-order chi connectivity index (χ1) is 10.9. The number of sulfone groups is 1. The standard InChI is InChI=1S/C18H20O4S/c1-12(2)16-13-9-10-14(11-13)18(16,17(19)22-3)23(20,21)15-7-5-4-6-8-15/h4-10,13-14H,11H2,1-3H3/t13-,14+,18-/m0/s1. The second kappa shape index (κ2) is 5.34. The van der Waals surface area contributed by atoms with Crippen molar-refractivity contribution >= 4 is 15.8 Å². The van der Waals surface area contributed by atoms with Crippen molar-refractivity contribution in [3.8, 4) is 0 Å². The van der Waals surface area contributed by atoms with E-state index in [-0.39, 0.29) is 16.7 Å². The number of allylic oxidation sites excluding steroid dienone is 3. The van der Waals surface area contributed by atoms with Crippen LogP contribution < -0.4 is 0 Å². The highest BCUT2D eigenvalue weighted by atomic mass is 32.2. The smallest absolute Gasteiger partial charge is 0.332 e. The summed E-state index contributed by atoms with van der Waals surface area (Å²) >= 11 is 0. The van der Waals surface area contributed by atoms with E-state index in [1.165, 1.54) is 7.11 Å². The summed E-state index contributed by atoms with van der Waals surface area (Å²) < 4.78 is 30.3. The van der Waals surface area contributed by atoms with Gasteiger partial charge in [0.25, 0.3) is 0 Å². The second-order valence-electron chi connectivity index (χ2n) is 6.29. The molecule has 0 N–H and O–H groups in total. The Morgan fingerprint density at radius 2 is 1.83 bits per heavy atom. The van der Waals surface area contributed by atoms with E-state index in [4.69, 9.17) is 4.74 Å². The average molecular weight is 332 g/mol. The van der Waals surface area contributed by atoms with E-state index in [2.05, 4.69) is 0 Å². The lowest BCUT2D eigenvalue weighted by atomic mass is 9.85. The van der Waals surface area contributed by atoms with E-state index in [9.17, 15) is 13.2 Å². The van der Waals surface area contributed by atoms with Crippen molar-refractivity contribution < 1.29 is 17.9 Å². The van der Waals surface area contributed by atoms with Gasteiger partial charge in [0.15, 0.2) is 9.84 Å². The van der Waals surface area contributed by atoms with Gasteiger partial charge >= 0.3 is 5.97 Å². The molecule has 0 aromatic heterocycles. The Bertz CT molecular complexity index is 801. The third-order valence-electron chi connectivity index (χ3n) is 4.88. The number of carbonyl (C=O) groups excluding carboxylic acids is 1. The van der Waals surface area contributed by atoms with Crippen molar-refractivity contribution in [2.45, 2.75) is 29.9 Å². The first-order valence-corrected chi connectivity index (χ1v) is 9.10. The van der Waals surface area contributed by atoms with E-state index in [0.717, 1.165) is 5.57 Å². The van der Waals surface area contributed by atoms with Gasteiger partial charge in [0.05, 0.1) is 12.0 Å². The predicted molar refractivity (Wildman–Crippen MR) is 87.5 cm³/mol. The Kier molecular flexibility index (Phi) is 3.71. The lowest BCUT2D eigenvalue weighted by Crippen LogP contribution is -2.52. The summed E-state index contributed by atoms with van der Waals surface area (Å²) in [6, 6.07) is 8.18. The summed E-state index contributed by atoms with van der Waals surface area (Å²) in [5, 5.41) is 0. The van der Waals surface area contributed by atoms with Crippen LogP contribution in [-0.4, -0.2) is 26.2 Å². The topological polar surface area (TPSA) is 60.4 Å². The molecule has 1 saturated carbocycles. The largest absolute Gasteiger partial charge is 0.468 e. The third-order valence-corrected chi connectivity index (χ3v) is 7.31. The molecule has 0 unspecified atom stereocenters. The molecule has 122 valence electrons. The monoisotopic (exact) mass is 332 g/mol. The van der Waals surface area contributed by atoms with Crippen LogP contribution in [0.2, 0.25) is 0 Å². The lowest BCUT2D eigenvalue weighted by molar-refractivity contribution is -0.143. The molecule has 0 radical (unpaired) electrons. The minimum absolute atomic E-state index is 0.0115. The Hall–Kier alpha value is -1.88. The van der Waals surface area contributed by atoms with E-state index in [1.807, 2.05) is 26.0 Å². The average Bonchev–Trinajstić information content (AvgIpc) is 3.14. The highest BCUT2D eigenvalue weighted by Gasteiger charge is 2.66. The fourth-order valence-electron chi connectivity index (χ4n) is 4.08. The van der Waals surface area contributed by atoms with Gasteiger partial charge in [0.2, 0.25) is 4.75 Å². The lowest BCUT2D eigenvalue weighted by Gasteiger charge is -2.35. The Labute approximate surface area is 136 Å². The molecule has 5 heteroatoms. The summed E-state index contributed by atoms with van der Waals surface area (Å²) in [6.07, 6.45) is 4.50. The minimum atomic E-state index is -3.92. The summed E-state index contributed by atoms with van der Waals surface area (Å²) in [5.41, 5.74) is 1.55. The number of ether oxygens (including phenoxy) is 1. The van der Waals surface area contributed by atoms with Crippen LogP contribution in [0.5, 0.6) is 0 Å². The van der Waals surface area contributed by atoms with Crippen molar-refractivity contribution in [3.05, 3.63) is 53.6 Å². The van der Waals surface area contributed by atoms with Crippen molar-refractivity contribution in [2.75, 3.05) is 7.11 Å². The van der Waals surface area contributed by atoms with Crippen LogP contribution in [0.25, 0.3) is 0 Å². The zero-order valence-corrected chi connectivity index (χ0v) is 14.3. The number of carbonyl (C=O) groups is 1. The van der Waals surface area contributed by atoms with E-state index in [0.29, 0.717) is 12.0 Å². The molecule has 1 fully saturated rings. The van der Waals surface area contributed by atoms with Crippen LogP contribution in [0.15, 0.2) is 58.5 Å². The summed E-state index contributed by atoms with van der Waals surface area (Å²) in [5.74, 6) is -1.08. The number of hydrogen-bond acceptors (Lipinski definition) is 4. The highest BCUT2D eigenvalue weighted by Crippen LogP contribution is 2.57.